The molecular formula is C18H14Cl2N5OS+. The molecule has 0 unspecified atom stereocenters. The number of aromatic amines is 2. The molecule has 4 N–H and O–H groups in total. The molecule has 0 aliphatic rings. The van der Waals surface area contributed by atoms with Gasteiger partial charge in [0.15, 0.2) is 16.7 Å². The molecule has 2 heterocycles. The Morgan fingerprint density at radius 3 is 2.74 bits per heavy atom. The molecular weight excluding hydrogens is 405 g/mol. The summed E-state index contributed by atoms with van der Waals surface area (Å²) in [5.41, 5.74) is 5.92. The SMILES string of the molecule is O=C(NCc1cc(Cl)cc(Cl)c1)Nc1ccc2[nH+]c(-c3cscn3)[nH]c2c1. The molecule has 2 aromatic carbocycles. The van der Waals surface area contributed by atoms with Crippen LogP contribution in [0.5, 0.6) is 0 Å². The summed E-state index contributed by atoms with van der Waals surface area (Å²) >= 11 is 13.5. The van der Waals surface area contributed by atoms with Crippen molar-refractivity contribution in [3.8, 4) is 11.5 Å². The Labute approximate surface area is 168 Å². The molecule has 0 atom stereocenters. The number of fused-ring (bicyclic) bond motifs is 1. The highest BCUT2D eigenvalue weighted by Crippen LogP contribution is 2.20. The van der Waals surface area contributed by atoms with Crippen LogP contribution in [0.3, 0.4) is 0 Å². The molecule has 136 valence electrons. The molecule has 9 heteroatoms. The quantitative estimate of drug-likeness (QED) is 0.447. The van der Waals surface area contributed by atoms with Crippen molar-refractivity contribution in [3.63, 3.8) is 0 Å². The summed E-state index contributed by atoms with van der Waals surface area (Å²) in [6.07, 6.45) is 0. The fourth-order valence-corrected chi connectivity index (χ4v) is 3.78. The minimum Gasteiger partial charge on any atom is -0.334 e. The Morgan fingerprint density at radius 2 is 2.00 bits per heavy atom. The third-order valence-electron chi connectivity index (χ3n) is 3.86. The summed E-state index contributed by atoms with van der Waals surface area (Å²) in [5, 5.41) is 8.62. The Bertz CT molecular complexity index is 1090. The van der Waals surface area contributed by atoms with Gasteiger partial charge in [0.1, 0.15) is 0 Å². The summed E-state index contributed by atoms with van der Waals surface area (Å²) in [5.74, 6) is 0.825. The molecule has 0 saturated heterocycles. The Kier molecular flexibility index (Phi) is 4.98. The third kappa shape index (κ3) is 4.21. The number of aromatic nitrogens is 3. The topological polar surface area (TPSA) is 83.9 Å². The summed E-state index contributed by atoms with van der Waals surface area (Å²) in [6, 6.07) is 10.4. The van der Waals surface area contributed by atoms with Crippen molar-refractivity contribution in [3.05, 3.63) is 62.9 Å². The number of hydrogen-bond donors (Lipinski definition) is 3. The number of rotatable bonds is 4. The third-order valence-corrected chi connectivity index (χ3v) is 4.88. The summed E-state index contributed by atoms with van der Waals surface area (Å²) in [7, 11) is 0. The van der Waals surface area contributed by atoms with Crippen LogP contribution < -0.4 is 15.6 Å². The lowest BCUT2D eigenvalue weighted by Crippen LogP contribution is -2.28. The van der Waals surface area contributed by atoms with Gasteiger partial charge in [0.25, 0.3) is 0 Å². The highest BCUT2D eigenvalue weighted by atomic mass is 35.5. The number of anilines is 1. The zero-order valence-electron chi connectivity index (χ0n) is 13.8. The van der Waals surface area contributed by atoms with Gasteiger partial charge in [-0.3, -0.25) is 0 Å². The van der Waals surface area contributed by atoms with Gasteiger partial charge in [-0.1, -0.05) is 23.2 Å². The van der Waals surface area contributed by atoms with Gasteiger partial charge in [-0.2, -0.15) is 0 Å². The van der Waals surface area contributed by atoms with E-state index in [2.05, 4.69) is 25.6 Å². The molecule has 0 fully saturated rings. The van der Waals surface area contributed by atoms with Gasteiger partial charge in [-0.05, 0) is 35.9 Å². The second kappa shape index (κ2) is 7.56. The van der Waals surface area contributed by atoms with Crippen LogP contribution in [0.25, 0.3) is 22.6 Å². The van der Waals surface area contributed by atoms with E-state index in [4.69, 9.17) is 23.2 Å². The van der Waals surface area contributed by atoms with Crippen molar-refractivity contribution in [1.82, 2.24) is 15.3 Å². The zero-order valence-corrected chi connectivity index (χ0v) is 16.2. The van der Waals surface area contributed by atoms with Crippen molar-refractivity contribution in [2.24, 2.45) is 0 Å². The lowest BCUT2D eigenvalue weighted by molar-refractivity contribution is -0.330. The number of urea groups is 1. The van der Waals surface area contributed by atoms with Crippen LogP contribution >= 0.6 is 34.5 Å². The first-order valence-corrected chi connectivity index (χ1v) is 9.70. The molecule has 0 aliphatic carbocycles. The predicted octanol–water partition coefficient (Wildman–Crippen LogP) is 4.73. The van der Waals surface area contributed by atoms with Crippen molar-refractivity contribution in [2.75, 3.05) is 5.32 Å². The van der Waals surface area contributed by atoms with Crippen molar-refractivity contribution in [2.45, 2.75) is 6.54 Å². The Balaban J connectivity index is 1.44. The number of nitrogens with one attached hydrogen (secondary N) is 4. The maximum atomic E-state index is 12.2. The highest BCUT2D eigenvalue weighted by molar-refractivity contribution is 7.07. The van der Waals surface area contributed by atoms with Crippen LogP contribution in [0, 0.1) is 0 Å². The molecule has 0 radical (unpaired) electrons. The Morgan fingerprint density at radius 1 is 1.19 bits per heavy atom. The van der Waals surface area contributed by atoms with Crippen molar-refractivity contribution < 1.29 is 9.78 Å². The number of amides is 2. The minimum atomic E-state index is -0.319. The molecule has 4 aromatic rings. The maximum Gasteiger partial charge on any atom is 0.319 e. The summed E-state index contributed by atoms with van der Waals surface area (Å²) < 4.78 is 0. The van der Waals surface area contributed by atoms with Crippen LogP contribution in [0.2, 0.25) is 10.0 Å². The average molecular weight is 419 g/mol. The molecule has 0 aliphatic heterocycles. The largest absolute Gasteiger partial charge is 0.334 e. The number of hydrogen-bond acceptors (Lipinski definition) is 3. The van der Waals surface area contributed by atoms with Gasteiger partial charge >= 0.3 is 11.9 Å². The van der Waals surface area contributed by atoms with Crippen LogP contribution in [0.1, 0.15) is 5.56 Å². The average Bonchev–Trinajstić information content (AvgIpc) is 3.28. The van der Waals surface area contributed by atoms with E-state index in [0.717, 1.165) is 28.1 Å². The monoisotopic (exact) mass is 418 g/mol. The van der Waals surface area contributed by atoms with Gasteiger partial charge in [0.2, 0.25) is 0 Å². The molecule has 2 aromatic heterocycles. The van der Waals surface area contributed by atoms with Crippen molar-refractivity contribution >= 4 is 57.3 Å². The summed E-state index contributed by atoms with van der Waals surface area (Å²) in [6.45, 7) is 0.318. The van der Waals surface area contributed by atoms with Crippen LogP contribution in [0.4, 0.5) is 10.5 Å². The van der Waals surface area contributed by atoms with Gasteiger partial charge in [0, 0.05) is 33.7 Å². The number of imidazole rings is 1. The Hall–Kier alpha value is -2.61. The number of carbonyl (C=O) groups is 1. The second-order valence-corrected chi connectivity index (χ2v) is 7.44. The van der Waals surface area contributed by atoms with Gasteiger partial charge in [-0.25, -0.2) is 19.7 Å². The number of halogens is 2. The van der Waals surface area contributed by atoms with Crippen molar-refractivity contribution in [1.29, 1.82) is 0 Å². The highest BCUT2D eigenvalue weighted by Gasteiger charge is 2.14. The fourth-order valence-electron chi connectivity index (χ4n) is 2.67. The first-order chi connectivity index (χ1) is 13.1. The minimum absolute atomic E-state index is 0.318. The van der Waals surface area contributed by atoms with E-state index in [1.165, 1.54) is 11.3 Å². The number of carbonyl (C=O) groups excluding carboxylic acids is 1. The zero-order chi connectivity index (χ0) is 18.8. The maximum absolute atomic E-state index is 12.2. The van der Waals surface area contributed by atoms with Gasteiger partial charge in [-0.15, -0.1) is 11.3 Å². The molecule has 2 amide bonds. The number of nitrogens with zero attached hydrogens (tertiary/aromatic N) is 1. The number of thiazole rings is 1. The molecule has 27 heavy (non-hydrogen) atoms. The van der Waals surface area contributed by atoms with Crippen LogP contribution in [0.15, 0.2) is 47.3 Å². The van der Waals surface area contributed by atoms with Gasteiger partial charge in [0.05, 0.1) is 5.51 Å². The standard InChI is InChI=1S/C18H13Cl2N5OS/c19-11-3-10(4-12(20)5-11)7-21-18(26)23-13-1-2-14-15(6-13)25-17(24-14)16-8-27-9-22-16/h1-6,8-9H,7H2,(H,24,25)(H2,21,23,26)/p+1. The van der Waals surface area contributed by atoms with E-state index < -0.39 is 0 Å². The predicted molar refractivity (Wildman–Crippen MR) is 108 cm³/mol. The fraction of sp³-hybridized carbons (Fsp3) is 0.0556. The second-order valence-electron chi connectivity index (χ2n) is 5.84. The first-order valence-electron chi connectivity index (χ1n) is 8.00. The number of H-pyrrole nitrogens is 2. The molecule has 0 spiro atoms. The van der Waals surface area contributed by atoms with E-state index in [9.17, 15) is 4.79 Å². The first kappa shape index (κ1) is 17.8. The van der Waals surface area contributed by atoms with E-state index in [1.54, 1.807) is 23.7 Å². The smallest absolute Gasteiger partial charge is 0.319 e. The molecule has 0 saturated carbocycles. The van der Waals surface area contributed by atoms with E-state index >= 15 is 0 Å². The van der Waals surface area contributed by atoms with Gasteiger partial charge < -0.3 is 10.6 Å². The van der Waals surface area contributed by atoms with E-state index in [1.807, 2.05) is 23.6 Å². The number of benzene rings is 2. The molecule has 4 rings (SSSR count). The van der Waals surface area contributed by atoms with E-state index in [-0.39, 0.29) is 6.03 Å². The van der Waals surface area contributed by atoms with Crippen LogP contribution in [-0.2, 0) is 6.54 Å². The molecule has 6 nitrogen and oxygen atoms in total. The summed E-state index contributed by atoms with van der Waals surface area (Å²) in [4.78, 5) is 23.0. The van der Waals surface area contributed by atoms with Crippen LogP contribution in [-0.4, -0.2) is 16.0 Å². The normalized spacial score (nSPS) is 10.9. The lowest BCUT2D eigenvalue weighted by Gasteiger charge is -2.08. The van der Waals surface area contributed by atoms with E-state index in [0.29, 0.717) is 22.3 Å². The molecule has 0 bridgehead atoms. The lowest BCUT2D eigenvalue weighted by atomic mass is 10.2.